The Morgan fingerprint density at radius 3 is 2.52 bits per heavy atom. The highest BCUT2D eigenvalue weighted by atomic mass is 35.5. The van der Waals surface area contributed by atoms with Crippen LogP contribution >= 0.6 is 11.6 Å². The Labute approximate surface area is 175 Å². The summed E-state index contributed by atoms with van der Waals surface area (Å²) in [5, 5.41) is 2.95. The number of hydrogen-bond donors (Lipinski definition) is 2. The number of nitrogens with one attached hydrogen (secondary N) is 2. The van der Waals surface area contributed by atoms with E-state index >= 15 is 0 Å². The summed E-state index contributed by atoms with van der Waals surface area (Å²) in [6.45, 7) is 3.78. The van der Waals surface area contributed by atoms with Crippen molar-refractivity contribution in [2.75, 3.05) is 14.2 Å². The number of ether oxygens (including phenoxy) is 2. The highest BCUT2D eigenvalue weighted by molar-refractivity contribution is 7.89. The van der Waals surface area contributed by atoms with Gasteiger partial charge in [0, 0.05) is 17.1 Å². The third-order valence-electron chi connectivity index (χ3n) is 4.08. The van der Waals surface area contributed by atoms with Gasteiger partial charge < -0.3 is 14.8 Å². The summed E-state index contributed by atoms with van der Waals surface area (Å²) in [6, 6.07) is 10.4. The number of para-hydroxylation sites is 1. The number of carbonyl (C=O) groups is 1. The van der Waals surface area contributed by atoms with Crippen molar-refractivity contribution >= 4 is 27.5 Å². The van der Waals surface area contributed by atoms with Crippen LogP contribution in [0.1, 0.15) is 12.0 Å². The van der Waals surface area contributed by atoms with Gasteiger partial charge in [-0.2, -0.15) is 4.72 Å². The molecule has 0 aromatic heterocycles. The first kappa shape index (κ1) is 22.7. The van der Waals surface area contributed by atoms with Gasteiger partial charge in [-0.15, -0.1) is 6.58 Å². The molecule has 2 N–H and O–H groups in total. The Hall–Kier alpha value is -2.55. The molecule has 2 aromatic rings. The summed E-state index contributed by atoms with van der Waals surface area (Å²) in [6.07, 6.45) is 1.56. The molecule has 0 aliphatic heterocycles. The molecule has 9 heteroatoms. The second kappa shape index (κ2) is 10.3. The van der Waals surface area contributed by atoms with Crippen molar-refractivity contribution in [3.63, 3.8) is 0 Å². The van der Waals surface area contributed by atoms with Crippen molar-refractivity contribution in [3.05, 3.63) is 65.7 Å². The van der Waals surface area contributed by atoms with Crippen LogP contribution in [0.2, 0.25) is 5.02 Å². The molecule has 0 saturated carbocycles. The van der Waals surface area contributed by atoms with Gasteiger partial charge in [0.05, 0.1) is 14.2 Å². The first-order valence-corrected chi connectivity index (χ1v) is 10.5. The molecule has 0 fully saturated rings. The average molecular weight is 439 g/mol. The van der Waals surface area contributed by atoms with Crippen LogP contribution in [0.3, 0.4) is 0 Å². The van der Waals surface area contributed by atoms with E-state index in [1.54, 1.807) is 6.07 Å². The molecular formula is C20H23ClN2O5S. The van der Waals surface area contributed by atoms with Gasteiger partial charge in [-0.3, -0.25) is 4.79 Å². The Kier molecular flexibility index (Phi) is 8.07. The number of rotatable bonds is 10. The van der Waals surface area contributed by atoms with Crippen LogP contribution in [0.4, 0.5) is 0 Å². The van der Waals surface area contributed by atoms with Gasteiger partial charge in [-0.1, -0.05) is 35.9 Å². The lowest BCUT2D eigenvalue weighted by Gasteiger charge is -2.19. The third-order valence-corrected chi connectivity index (χ3v) is 5.81. The van der Waals surface area contributed by atoms with Gasteiger partial charge in [-0.25, -0.2) is 8.42 Å². The lowest BCUT2D eigenvalue weighted by atomic mass is 10.1. The Balaban J connectivity index is 2.19. The molecule has 2 rings (SSSR count). The smallest absolute Gasteiger partial charge is 0.245 e. The van der Waals surface area contributed by atoms with Gasteiger partial charge in [0.25, 0.3) is 0 Å². The number of methoxy groups -OCH3 is 2. The summed E-state index contributed by atoms with van der Waals surface area (Å²) in [5.74, 6) is 0.242. The van der Waals surface area contributed by atoms with Crippen molar-refractivity contribution in [3.8, 4) is 11.5 Å². The minimum absolute atomic E-state index is 0.0971. The number of amides is 1. The summed E-state index contributed by atoms with van der Waals surface area (Å²) in [7, 11) is -1.19. The highest BCUT2D eigenvalue weighted by Gasteiger charge is 2.27. The molecule has 1 amide bonds. The monoisotopic (exact) mass is 438 g/mol. The molecule has 2 aromatic carbocycles. The minimum atomic E-state index is -4.08. The molecule has 0 aliphatic rings. The zero-order valence-electron chi connectivity index (χ0n) is 16.1. The quantitative estimate of drug-likeness (QED) is 0.556. The molecule has 1 unspecified atom stereocenters. The normalized spacial score (nSPS) is 12.1. The summed E-state index contributed by atoms with van der Waals surface area (Å²) >= 11 is 5.93. The third kappa shape index (κ3) is 5.96. The summed E-state index contributed by atoms with van der Waals surface area (Å²) in [4.78, 5) is 12.5. The number of carbonyl (C=O) groups excluding carboxylic acids is 1. The van der Waals surface area contributed by atoms with Gasteiger partial charge in [0.2, 0.25) is 15.9 Å². The van der Waals surface area contributed by atoms with E-state index in [9.17, 15) is 13.2 Å². The van der Waals surface area contributed by atoms with Crippen molar-refractivity contribution in [2.24, 2.45) is 0 Å². The summed E-state index contributed by atoms with van der Waals surface area (Å²) in [5.41, 5.74) is 0.764. The Morgan fingerprint density at radius 2 is 1.86 bits per heavy atom. The fraction of sp³-hybridized carbons (Fsp3) is 0.250. The zero-order valence-corrected chi connectivity index (χ0v) is 17.7. The Bertz CT molecular complexity index is 979. The van der Waals surface area contributed by atoms with Gasteiger partial charge >= 0.3 is 0 Å². The van der Waals surface area contributed by atoms with Crippen LogP contribution in [0.15, 0.2) is 60.0 Å². The number of hydrogen-bond acceptors (Lipinski definition) is 5. The van der Waals surface area contributed by atoms with Crippen molar-refractivity contribution < 1.29 is 22.7 Å². The molecule has 29 heavy (non-hydrogen) atoms. The van der Waals surface area contributed by atoms with E-state index in [4.69, 9.17) is 21.1 Å². The molecule has 156 valence electrons. The van der Waals surface area contributed by atoms with Crippen LogP contribution < -0.4 is 19.5 Å². The van der Waals surface area contributed by atoms with Gasteiger partial charge in [0.1, 0.15) is 22.4 Å². The SMILES string of the molecule is C=CCC(NS(=O)(=O)c1cc(Cl)ccc1OC)C(=O)NCc1ccccc1OC. The Morgan fingerprint density at radius 1 is 1.17 bits per heavy atom. The predicted molar refractivity (Wildman–Crippen MR) is 112 cm³/mol. The maximum Gasteiger partial charge on any atom is 0.245 e. The molecule has 7 nitrogen and oxygen atoms in total. The van der Waals surface area contributed by atoms with Crippen LogP contribution in [0, 0.1) is 0 Å². The van der Waals surface area contributed by atoms with Crippen molar-refractivity contribution in [1.29, 1.82) is 0 Å². The standard InChI is InChI=1S/C20H23ClN2O5S/c1-4-7-16(20(24)22-13-14-8-5-6-9-17(14)27-2)23-29(25,26)19-12-15(21)10-11-18(19)28-3/h4-6,8-12,16,23H,1,7,13H2,2-3H3,(H,22,24). The molecule has 0 bridgehead atoms. The fourth-order valence-corrected chi connectivity index (χ4v) is 4.28. The van der Waals surface area contributed by atoms with Crippen molar-refractivity contribution in [1.82, 2.24) is 10.0 Å². The molecule has 0 spiro atoms. The van der Waals surface area contributed by atoms with Crippen molar-refractivity contribution in [2.45, 2.75) is 23.9 Å². The van der Waals surface area contributed by atoms with Crippen LogP contribution in [0.5, 0.6) is 11.5 Å². The number of halogens is 1. The van der Waals surface area contributed by atoms with E-state index in [2.05, 4.69) is 16.6 Å². The molecule has 1 atom stereocenters. The average Bonchev–Trinajstić information content (AvgIpc) is 2.71. The maximum atomic E-state index is 12.8. The topological polar surface area (TPSA) is 93.7 Å². The van der Waals surface area contributed by atoms with E-state index in [1.165, 1.54) is 38.5 Å². The van der Waals surface area contributed by atoms with Gasteiger partial charge in [-0.05, 0) is 30.7 Å². The van der Waals surface area contributed by atoms with Crippen LogP contribution in [-0.4, -0.2) is 34.6 Å². The lowest BCUT2D eigenvalue weighted by Crippen LogP contribution is -2.46. The first-order chi connectivity index (χ1) is 13.8. The molecule has 0 aliphatic carbocycles. The van der Waals surface area contributed by atoms with E-state index in [-0.39, 0.29) is 28.6 Å². The molecule has 0 saturated heterocycles. The minimum Gasteiger partial charge on any atom is -0.496 e. The van der Waals surface area contributed by atoms with Gasteiger partial charge in [0.15, 0.2) is 0 Å². The molecular weight excluding hydrogens is 416 g/mol. The first-order valence-electron chi connectivity index (χ1n) is 8.68. The largest absolute Gasteiger partial charge is 0.496 e. The second-order valence-electron chi connectivity index (χ2n) is 6.02. The van der Waals surface area contributed by atoms with E-state index in [0.29, 0.717) is 5.75 Å². The fourth-order valence-electron chi connectivity index (χ4n) is 2.64. The molecule has 0 heterocycles. The number of benzene rings is 2. The van der Waals surface area contributed by atoms with Crippen LogP contribution in [0.25, 0.3) is 0 Å². The molecule has 0 radical (unpaired) electrons. The van der Waals surface area contributed by atoms with E-state index < -0.39 is 22.0 Å². The zero-order chi connectivity index (χ0) is 21.4. The maximum absolute atomic E-state index is 12.8. The summed E-state index contributed by atoms with van der Waals surface area (Å²) < 4.78 is 38.4. The number of sulfonamides is 1. The van der Waals surface area contributed by atoms with Crippen LogP contribution in [-0.2, 0) is 21.4 Å². The lowest BCUT2D eigenvalue weighted by molar-refractivity contribution is -0.122. The highest BCUT2D eigenvalue weighted by Crippen LogP contribution is 2.27. The predicted octanol–water partition coefficient (Wildman–Crippen LogP) is 2.90. The second-order valence-corrected chi connectivity index (χ2v) is 8.14. The van der Waals surface area contributed by atoms with E-state index in [0.717, 1.165) is 5.56 Å². The van der Waals surface area contributed by atoms with E-state index in [1.807, 2.05) is 18.2 Å².